The van der Waals surface area contributed by atoms with Crippen LogP contribution < -0.4 is 16.4 Å². The van der Waals surface area contributed by atoms with Gasteiger partial charge in [0.15, 0.2) is 0 Å². The van der Waals surface area contributed by atoms with E-state index in [1.54, 1.807) is 18.2 Å². The summed E-state index contributed by atoms with van der Waals surface area (Å²) in [6.07, 6.45) is 0.546. The minimum absolute atomic E-state index is 0.229. The minimum Gasteiger partial charge on any atom is -0.399 e. The summed E-state index contributed by atoms with van der Waals surface area (Å²) in [5, 5.41) is 4.79. The predicted molar refractivity (Wildman–Crippen MR) is 69.2 cm³/mol. The van der Waals surface area contributed by atoms with Crippen LogP contribution >= 0.6 is 0 Å². The van der Waals surface area contributed by atoms with E-state index in [-0.39, 0.29) is 18.2 Å². The number of nitrogen functional groups attached to an aromatic ring is 1. The van der Waals surface area contributed by atoms with Gasteiger partial charge in [-0.2, -0.15) is 0 Å². The Morgan fingerprint density at radius 1 is 1.37 bits per heavy atom. The largest absolute Gasteiger partial charge is 0.399 e. The van der Waals surface area contributed by atoms with E-state index in [2.05, 4.69) is 10.6 Å². The highest BCUT2D eigenvalue weighted by atomic mass is 16.2. The molecule has 4 N–H and O–H groups in total. The van der Waals surface area contributed by atoms with E-state index in [1.807, 2.05) is 6.92 Å². The lowest BCUT2D eigenvalue weighted by atomic mass is 10.0. The third-order valence-electron chi connectivity index (χ3n) is 2.91. The minimum atomic E-state index is -0.674. The fraction of sp³-hybridized carbons (Fsp3) is 0.308. The molecule has 2 rings (SSSR count). The Morgan fingerprint density at radius 3 is 2.74 bits per heavy atom. The van der Waals surface area contributed by atoms with Crippen LogP contribution in [0.25, 0.3) is 0 Å². The number of nitrogens with one attached hydrogen (secondary N) is 2. The fourth-order valence-corrected chi connectivity index (χ4v) is 2.02. The van der Waals surface area contributed by atoms with E-state index in [4.69, 9.17) is 5.73 Å². The van der Waals surface area contributed by atoms with Gasteiger partial charge < -0.3 is 11.1 Å². The number of aryl methyl sites for hydroxylation is 1. The number of carbonyl (C=O) groups is 3. The summed E-state index contributed by atoms with van der Waals surface area (Å²) < 4.78 is 0. The van der Waals surface area contributed by atoms with Gasteiger partial charge in [0.25, 0.3) is 5.91 Å². The SMILES string of the molecule is Cc1cc(N)cc(C(=O)NC2CCC(=O)NC2=O)c1. The van der Waals surface area contributed by atoms with Crippen LogP contribution in [-0.2, 0) is 9.59 Å². The van der Waals surface area contributed by atoms with Gasteiger partial charge in [-0.05, 0) is 37.1 Å². The average molecular weight is 261 g/mol. The topological polar surface area (TPSA) is 101 Å². The van der Waals surface area contributed by atoms with Crippen LogP contribution in [0.15, 0.2) is 18.2 Å². The summed E-state index contributed by atoms with van der Waals surface area (Å²) in [5.41, 5.74) is 7.44. The van der Waals surface area contributed by atoms with Gasteiger partial charge in [0, 0.05) is 17.7 Å². The van der Waals surface area contributed by atoms with Crippen LogP contribution in [0.5, 0.6) is 0 Å². The van der Waals surface area contributed by atoms with Crippen LogP contribution in [0.1, 0.15) is 28.8 Å². The predicted octanol–water partition coefficient (Wildman–Crippen LogP) is 0.112. The Bertz CT molecular complexity index is 534. The van der Waals surface area contributed by atoms with E-state index >= 15 is 0 Å². The summed E-state index contributed by atoms with van der Waals surface area (Å²) in [6, 6.07) is 4.32. The molecule has 6 heteroatoms. The molecule has 0 bridgehead atoms. The summed E-state index contributed by atoms with van der Waals surface area (Å²) in [6.45, 7) is 1.83. The van der Waals surface area contributed by atoms with E-state index in [1.165, 1.54) is 0 Å². The van der Waals surface area contributed by atoms with E-state index in [0.29, 0.717) is 17.7 Å². The first-order valence-electron chi connectivity index (χ1n) is 5.97. The van der Waals surface area contributed by atoms with Gasteiger partial charge >= 0.3 is 0 Å². The Balaban J connectivity index is 2.08. The number of rotatable bonds is 2. The molecule has 6 nitrogen and oxygen atoms in total. The summed E-state index contributed by atoms with van der Waals surface area (Å²) >= 11 is 0. The van der Waals surface area contributed by atoms with Gasteiger partial charge in [-0.25, -0.2) is 0 Å². The highest BCUT2D eigenvalue weighted by Gasteiger charge is 2.28. The number of amides is 3. The number of nitrogens with two attached hydrogens (primary N) is 1. The van der Waals surface area contributed by atoms with Crippen molar-refractivity contribution in [3.63, 3.8) is 0 Å². The standard InChI is InChI=1S/C13H15N3O3/c1-7-4-8(6-9(14)5-7)12(18)15-10-2-3-11(17)16-13(10)19/h4-6,10H,2-3,14H2,1H3,(H,15,18)(H,16,17,19). The van der Waals surface area contributed by atoms with Crippen molar-refractivity contribution >= 4 is 23.4 Å². The van der Waals surface area contributed by atoms with Gasteiger partial charge in [-0.15, -0.1) is 0 Å². The molecular weight excluding hydrogens is 246 g/mol. The normalized spacial score (nSPS) is 18.9. The second-order valence-corrected chi connectivity index (χ2v) is 4.61. The molecule has 100 valence electrons. The summed E-state index contributed by atoms with van der Waals surface area (Å²) in [7, 11) is 0. The quantitative estimate of drug-likeness (QED) is 0.519. The van der Waals surface area contributed by atoms with Crippen molar-refractivity contribution in [2.45, 2.75) is 25.8 Å². The lowest BCUT2D eigenvalue weighted by molar-refractivity contribution is -0.134. The molecule has 0 aromatic heterocycles. The molecule has 0 radical (unpaired) electrons. The lowest BCUT2D eigenvalue weighted by Crippen LogP contribution is -2.52. The first-order valence-corrected chi connectivity index (χ1v) is 5.97. The molecule has 0 saturated carbocycles. The lowest BCUT2D eigenvalue weighted by Gasteiger charge is -2.21. The number of anilines is 1. The van der Waals surface area contributed by atoms with Crippen LogP contribution in [0.4, 0.5) is 5.69 Å². The van der Waals surface area contributed by atoms with Crippen molar-refractivity contribution in [3.05, 3.63) is 29.3 Å². The van der Waals surface area contributed by atoms with Crippen LogP contribution in [0, 0.1) is 6.92 Å². The third-order valence-corrected chi connectivity index (χ3v) is 2.91. The Morgan fingerprint density at radius 2 is 2.11 bits per heavy atom. The molecule has 1 aliphatic heterocycles. The fourth-order valence-electron chi connectivity index (χ4n) is 2.02. The Hall–Kier alpha value is -2.37. The monoisotopic (exact) mass is 261 g/mol. The third kappa shape index (κ3) is 3.09. The zero-order valence-corrected chi connectivity index (χ0v) is 10.5. The number of benzene rings is 1. The van der Waals surface area contributed by atoms with Gasteiger partial charge in [-0.1, -0.05) is 0 Å². The van der Waals surface area contributed by atoms with Crippen LogP contribution in [0.2, 0.25) is 0 Å². The van der Waals surface area contributed by atoms with Crippen LogP contribution in [0.3, 0.4) is 0 Å². The first kappa shape index (κ1) is 13.1. The second kappa shape index (κ2) is 5.09. The van der Waals surface area contributed by atoms with Gasteiger partial charge in [-0.3, -0.25) is 19.7 Å². The van der Waals surface area contributed by atoms with Crippen molar-refractivity contribution in [2.24, 2.45) is 0 Å². The highest BCUT2D eigenvalue weighted by Crippen LogP contribution is 2.12. The molecule has 19 heavy (non-hydrogen) atoms. The van der Waals surface area contributed by atoms with Crippen molar-refractivity contribution in [2.75, 3.05) is 5.73 Å². The van der Waals surface area contributed by atoms with E-state index in [0.717, 1.165) is 5.56 Å². The molecule has 3 amide bonds. The number of hydrogen-bond donors (Lipinski definition) is 3. The molecule has 0 spiro atoms. The number of hydrogen-bond acceptors (Lipinski definition) is 4. The molecule has 1 saturated heterocycles. The van der Waals surface area contributed by atoms with E-state index < -0.39 is 11.9 Å². The van der Waals surface area contributed by atoms with Gasteiger partial charge in [0.2, 0.25) is 11.8 Å². The number of imide groups is 1. The molecule has 1 aromatic carbocycles. The van der Waals surface area contributed by atoms with Crippen molar-refractivity contribution in [1.29, 1.82) is 0 Å². The Kier molecular flexibility index (Phi) is 3.50. The Labute approximate surface area is 110 Å². The number of piperidine rings is 1. The van der Waals surface area contributed by atoms with Crippen LogP contribution in [-0.4, -0.2) is 23.8 Å². The molecule has 1 unspecified atom stereocenters. The second-order valence-electron chi connectivity index (χ2n) is 4.61. The molecule has 1 fully saturated rings. The van der Waals surface area contributed by atoms with Gasteiger partial charge in [0.05, 0.1) is 0 Å². The molecule has 1 aliphatic rings. The first-order chi connectivity index (χ1) is 8.95. The zero-order valence-electron chi connectivity index (χ0n) is 10.5. The number of carbonyl (C=O) groups excluding carboxylic acids is 3. The maximum atomic E-state index is 12.0. The molecular formula is C13H15N3O3. The van der Waals surface area contributed by atoms with Crippen molar-refractivity contribution < 1.29 is 14.4 Å². The maximum Gasteiger partial charge on any atom is 0.252 e. The van der Waals surface area contributed by atoms with Gasteiger partial charge in [0.1, 0.15) is 6.04 Å². The van der Waals surface area contributed by atoms with E-state index in [9.17, 15) is 14.4 Å². The highest BCUT2D eigenvalue weighted by molar-refractivity contribution is 6.04. The zero-order chi connectivity index (χ0) is 14.0. The molecule has 1 aromatic rings. The van der Waals surface area contributed by atoms with Crippen molar-refractivity contribution in [1.82, 2.24) is 10.6 Å². The average Bonchev–Trinajstić information content (AvgIpc) is 2.31. The molecule has 1 atom stereocenters. The smallest absolute Gasteiger partial charge is 0.252 e. The summed E-state index contributed by atoms with van der Waals surface area (Å²) in [4.78, 5) is 34.5. The molecule has 1 heterocycles. The maximum absolute atomic E-state index is 12.0. The molecule has 0 aliphatic carbocycles. The summed E-state index contributed by atoms with van der Waals surface area (Å²) in [5.74, 6) is -1.15. The van der Waals surface area contributed by atoms with Crippen molar-refractivity contribution in [3.8, 4) is 0 Å².